The van der Waals surface area contributed by atoms with E-state index in [9.17, 15) is 19.7 Å². The molecule has 3 rings (SSSR count). The van der Waals surface area contributed by atoms with Crippen LogP contribution in [-0.2, 0) is 16.1 Å². The average Bonchev–Trinajstić information content (AvgIpc) is 3.15. The third-order valence-electron chi connectivity index (χ3n) is 4.06. The molecule has 1 atom stereocenters. The Morgan fingerprint density at radius 3 is 2.96 bits per heavy atom. The minimum atomic E-state index is -0.502. The monoisotopic (exact) mass is 358 g/mol. The zero-order valence-electron chi connectivity index (χ0n) is 14.0. The molecular weight excluding hydrogens is 340 g/mol. The van der Waals surface area contributed by atoms with Crippen LogP contribution in [0.2, 0.25) is 0 Å². The average molecular weight is 358 g/mol. The van der Waals surface area contributed by atoms with Gasteiger partial charge in [0.05, 0.1) is 16.7 Å². The molecule has 0 spiro atoms. The van der Waals surface area contributed by atoms with Gasteiger partial charge in [-0.3, -0.25) is 19.7 Å². The lowest BCUT2D eigenvalue weighted by atomic mass is 10.1. The fourth-order valence-corrected chi connectivity index (χ4v) is 2.72. The van der Waals surface area contributed by atoms with E-state index in [1.165, 1.54) is 24.3 Å². The van der Waals surface area contributed by atoms with Gasteiger partial charge in [-0.05, 0) is 18.9 Å². The topological polar surface area (TPSA) is 116 Å². The summed E-state index contributed by atoms with van der Waals surface area (Å²) in [7, 11) is 0. The van der Waals surface area contributed by atoms with Crippen LogP contribution in [0.3, 0.4) is 0 Å². The van der Waals surface area contributed by atoms with Crippen molar-refractivity contribution in [1.82, 2.24) is 15.1 Å². The number of nitrogens with zero attached hydrogens (tertiary/aromatic N) is 3. The Morgan fingerprint density at radius 1 is 1.38 bits per heavy atom. The first kappa shape index (κ1) is 17.7. The minimum Gasteiger partial charge on any atom is -0.376 e. The number of nitro groups is 1. The van der Waals surface area contributed by atoms with E-state index in [0.717, 1.165) is 17.5 Å². The van der Waals surface area contributed by atoms with Gasteiger partial charge in [-0.2, -0.15) is 5.10 Å². The molecule has 0 bridgehead atoms. The molecule has 9 heteroatoms. The van der Waals surface area contributed by atoms with Crippen LogP contribution in [0, 0.1) is 10.1 Å². The predicted molar refractivity (Wildman–Crippen MR) is 92.6 cm³/mol. The first-order valence-corrected chi connectivity index (χ1v) is 8.24. The SMILES string of the molecule is O=C(Cn1nc(-c2cccc([N+](=O)[O-])c2)ccc1=O)NC[C@@H]1CCCO1. The molecule has 1 saturated heterocycles. The Bertz CT molecular complexity index is 873. The van der Waals surface area contributed by atoms with Gasteiger partial charge >= 0.3 is 0 Å². The van der Waals surface area contributed by atoms with Gasteiger partial charge in [0.25, 0.3) is 11.2 Å². The van der Waals surface area contributed by atoms with Crippen LogP contribution in [0.1, 0.15) is 12.8 Å². The third kappa shape index (κ3) is 4.31. The first-order valence-electron chi connectivity index (χ1n) is 8.24. The maximum Gasteiger partial charge on any atom is 0.270 e. The number of carbonyl (C=O) groups is 1. The second-order valence-electron chi connectivity index (χ2n) is 5.96. The molecule has 136 valence electrons. The summed E-state index contributed by atoms with van der Waals surface area (Å²) < 4.78 is 6.47. The van der Waals surface area contributed by atoms with Crippen molar-refractivity contribution >= 4 is 11.6 Å². The van der Waals surface area contributed by atoms with Gasteiger partial charge in [0.15, 0.2) is 0 Å². The van der Waals surface area contributed by atoms with Gasteiger partial charge in [-0.15, -0.1) is 0 Å². The Labute approximate surface area is 148 Å². The number of benzene rings is 1. The second kappa shape index (κ2) is 7.87. The smallest absolute Gasteiger partial charge is 0.270 e. The number of rotatable bonds is 6. The van der Waals surface area contributed by atoms with Gasteiger partial charge < -0.3 is 10.1 Å². The van der Waals surface area contributed by atoms with Crippen LogP contribution in [0.15, 0.2) is 41.2 Å². The molecule has 1 amide bonds. The van der Waals surface area contributed by atoms with Crippen molar-refractivity contribution in [3.63, 3.8) is 0 Å². The maximum absolute atomic E-state index is 12.1. The summed E-state index contributed by atoms with van der Waals surface area (Å²) >= 11 is 0. The highest BCUT2D eigenvalue weighted by molar-refractivity contribution is 5.75. The van der Waals surface area contributed by atoms with Crippen molar-refractivity contribution in [3.05, 3.63) is 56.9 Å². The lowest BCUT2D eigenvalue weighted by molar-refractivity contribution is -0.384. The van der Waals surface area contributed by atoms with Crippen LogP contribution in [0.4, 0.5) is 5.69 Å². The molecule has 1 aliphatic rings. The third-order valence-corrected chi connectivity index (χ3v) is 4.06. The molecular formula is C17H18N4O5. The largest absolute Gasteiger partial charge is 0.376 e. The number of hydrogen-bond acceptors (Lipinski definition) is 6. The molecule has 9 nitrogen and oxygen atoms in total. The number of carbonyl (C=O) groups excluding carboxylic acids is 1. The van der Waals surface area contributed by atoms with Crippen molar-refractivity contribution in [2.24, 2.45) is 0 Å². The van der Waals surface area contributed by atoms with Crippen molar-refractivity contribution in [1.29, 1.82) is 0 Å². The van der Waals surface area contributed by atoms with E-state index in [2.05, 4.69) is 10.4 Å². The number of non-ortho nitro benzene ring substituents is 1. The van der Waals surface area contributed by atoms with Crippen molar-refractivity contribution in [3.8, 4) is 11.3 Å². The fraction of sp³-hybridized carbons (Fsp3) is 0.353. The Morgan fingerprint density at radius 2 is 2.23 bits per heavy atom. The number of nitro benzene ring substituents is 1. The van der Waals surface area contributed by atoms with Gasteiger partial charge in [-0.25, -0.2) is 4.68 Å². The molecule has 2 aromatic rings. The zero-order valence-corrected chi connectivity index (χ0v) is 14.0. The number of hydrogen-bond donors (Lipinski definition) is 1. The summed E-state index contributed by atoms with van der Waals surface area (Å²) in [5.74, 6) is -0.341. The highest BCUT2D eigenvalue weighted by Crippen LogP contribution is 2.21. The summed E-state index contributed by atoms with van der Waals surface area (Å²) in [6, 6.07) is 8.70. The molecule has 1 N–H and O–H groups in total. The summed E-state index contributed by atoms with van der Waals surface area (Å²) in [5.41, 5.74) is 0.371. The van der Waals surface area contributed by atoms with Crippen LogP contribution in [0.25, 0.3) is 11.3 Å². The van der Waals surface area contributed by atoms with Crippen LogP contribution >= 0.6 is 0 Å². The molecule has 0 saturated carbocycles. The van der Waals surface area contributed by atoms with E-state index in [-0.39, 0.29) is 24.2 Å². The van der Waals surface area contributed by atoms with Crippen molar-refractivity contribution < 1.29 is 14.5 Å². The van der Waals surface area contributed by atoms with Gasteiger partial charge in [0, 0.05) is 36.9 Å². The summed E-state index contributed by atoms with van der Waals surface area (Å²) in [6.07, 6.45) is 1.90. The lowest BCUT2D eigenvalue weighted by Crippen LogP contribution is -2.37. The predicted octanol–water partition coefficient (Wildman–Crippen LogP) is 1.11. The Kier molecular flexibility index (Phi) is 5.37. The molecule has 0 unspecified atom stereocenters. The van der Waals surface area contributed by atoms with Crippen LogP contribution in [-0.4, -0.2) is 39.9 Å². The zero-order chi connectivity index (χ0) is 18.5. The van der Waals surface area contributed by atoms with E-state index < -0.39 is 10.5 Å². The van der Waals surface area contributed by atoms with E-state index >= 15 is 0 Å². The molecule has 0 radical (unpaired) electrons. The number of amides is 1. The van der Waals surface area contributed by atoms with Gasteiger partial charge in [0.2, 0.25) is 5.91 Å². The quantitative estimate of drug-likeness (QED) is 0.611. The molecule has 2 heterocycles. The van der Waals surface area contributed by atoms with E-state index in [1.54, 1.807) is 12.1 Å². The molecule has 1 aromatic carbocycles. The van der Waals surface area contributed by atoms with Gasteiger partial charge in [0.1, 0.15) is 6.54 Å². The van der Waals surface area contributed by atoms with Crippen molar-refractivity contribution in [2.45, 2.75) is 25.5 Å². The lowest BCUT2D eigenvalue weighted by Gasteiger charge is -2.11. The van der Waals surface area contributed by atoms with E-state index in [1.807, 2.05) is 0 Å². The fourth-order valence-electron chi connectivity index (χ4n) is 2.72. The highest BCUT2D eigenvalue weighted by Gasteiger charge is 2.17. The molecule has 1 aliphatic heterocycles. The highest BCUT2D eigenvalue weighted by atomic mass is 16.6. The molecule has 0 aliphatic carbocycles. The standard InChI is InChI=1S/C17H18N4O5/c22-16(18-10-14-5-2-8-26-14)11-20-17(23)7-6-15(19-20)12-3-1-4-13(9-12)21(24)25/h1,3-4,6-7,9,14H,2,5,8,10-11H2,(H,18,22)/t14-/m0/s1. The Hall–Kier alpha value is -3.07. The molecule has 26 heavy (non-hydrogen) atoms. The molecule has 1 aromatic heterocycles. The summed E-state index contributed by atoms with van der Waals surface area (Å²) in [5, 5.41) is 17.8. The number of nitrogens with one attached hydrogen (secondary N) is 1. The molecule has 1 fully saturated rings. The van der Waals surface area contributed by atoms with Crippen LogP contribution < -0.4 is 10.9 Å². The minimum absolute atomic E-state index is 0.0137. The normalized spacial score (nSPS) is 16.4. The number of aromatic nitrogens is 2. The Balaban J connectivity index is 1.73. The number of ether oxygens (including phenoxy) is 1. The summed E-state index contributed by atoms with van der Waals surface area (Å²) in [6.45, 7) is 0.874. The van der Waals surface area contributed by atoms with Crippen LogP contribution in [0.5, 0.6) is 0 Å². The maximum atomic E-state index is 12.1. The van der Waals surface area contributed by atoms with Crippen molar-refractivity contribution in [2.75, 3.05) is 13.2 Å². The van der Waals surface area contributed by atoms with E-state index in [4.69, 9.17) is 4.74 Å². The van der Waals surface area contributed by atoms with E-state index in [0.29, 0.717) is 24.4 Å². The first-order chi connectivity index (χ1) is 12.5. The van der Waals surface area contributed by atoms with Gasteiger partial charge in [-0.1, -0.05) is 12.1 Å². The summed E-state index contributed by atoms with van der Waals surface area (Å²) in [4.78, 5) is 34.4. The second-order valence-corrected chi connectivity index (χ2v) is 5.96.